The summed E-state index contributed by atoms with van der Waals surface area (Å²) in [7, 11) is 0. The van der Waals surface area contributed by atoms with Gasteiger partial charge in [0.25, 0.3) is 0 Å². The van der Waals surface area contributed by atoms with Gasteiger partial charge in [-0.15, -0.1) is 0 Å². The topological polar surface area (TPSA) is 24.1 Å². The molecule has 0 saturated carbocycles. The van der Waals surface area contributed by atoms with E-state index in [-0.39, 0.29) is 0 Å². The summed E-state index contributed by atoms with van der Waals surface area (Å²) in [5, 5.41) is 7.05. The van der Waals surface area contributed by atoms with E-state index in [0.29, 0.717) is 6.04 Å². The van der Waals surface area contributed by atoms with Crippen LogP contribution in [0.25, 0.3) is 0 Å². The first-order chi connectivity index (χ1) is 8.25. The van der Waals surface area contributed by atoms with Gasteiger partial charge in [-0.2, -0.15) is 0 Å². The van der Waals surface area contributed by atoms with E-state index in [1.165, 1.54) is 31.5 Å². The third kappa shape index (κ3) is 4.09. The van der Waals surface area contributed by atoms with Gasteiger partial charge < -0.3 is 10.6 Å². The summed E-state index contributed by atoms with van der Waals surface area (Å²) in [6.45, 7) is 5.74. The lowest BCUT2D eigenvalue weighted by molar-refractivity contribution is 0.345. The molecule has 2 N–H and O–H groups in total. The summed E-state index contributed by atoms with van der Waals surface area (Å²) in [5.41, 5.74) is 1.36. The van der Waals surface area contributed by atoms with Gasteiger partial charge in [-0.1, -0.05) is 28.1 Å². The molecule has 0 bridgehead atoms. The second-order valence-electron chi connectivity index (χ2n) is 4.87. The molecule has 3 heteroatoms. The number of rotatable bonds is 4. The van der Waals surface area contributed by atoms with Gasteiger partial charge in [-0.25, -0.2) is 0 Å². The van der Waals surface area contributed by atoms with Crippen molar-refractivity contribution in [2.45, 2.75) is 25.8 Å². The van der Waals surface area contributed by atoms with Crippen molar-refractivity contribution >= 4 is 15.9 Å². The van der Waals surface area contributed by atoms with Crippen molar-refractivity contribution in [2.24, 2.45) is 5.92 Å². The fourth-order valence-corrected chi connectivity index (χ4v) is 2.56. The highest BCUT2D eigenvalue weighted by molar-refractivity contribution is 9.10. The van der Waals surface area contributed by atoms with Gasteiger partial charge in [0.05, 0.1) is 0 Å². The number of benzene rings is 1. The SMILES string of the molecule is CC(NCC1CCNCC1)c1ccc(Br)cc1. The van der Waals surface area contributed by atoms with Crippen LogP contribution in [0.3, 0.4) is 0 Å². The molecular weight excluding hydrogens is 276 g/mol. The number of piperidine rings is 1. The molecule has 1 atom stereocenters. The van der Waals surface area contributed by atoms with Crippen LogP contribution in [0.2, 0.25) is 0 Å². The minimum absolute atomic E-state index is 0.443. The van der Waals surface area contributed by atoms with Gasteiger partial charge in [0, 0.05) is 10.5 Å². The minimum Gasteiger partial charge on any atom is -0.317 e. The second kappa shape index (κ2) is 6.53. The maximum absolute atomic E-state index is 3.64. The molecule has 0 spiro atoms. The molecule has 17 heavy (non-hydrogen) atoms. The molecular formula is C14H21BrN2. The summed E-state index contributed by atoms with van der Waals surface area (Å²) in [6, 6.07) is 9.03. The molecule has 1 aromatic rings. The van der Waals surface area contributed by atoms with E-state index in [1.54, 1.807) is 0 Å². The second-order valence-corrected chi connectivity index (χ2v) is 5.79. The van der Waals surface area contributed by atoms with E-state index in [4.69, 9.17) is 0 Å². The van der Waals surface area contributed by atoms with Crippen LogP contribution in [0.1, 0.15) is 31.4 Å². The van der Waals surface area contributed by atoms with Crippen molar-refractivity contribution < 1.29 is 0 Å². The lowest BCUT2D eigenvalue weighted by Gasteiger charge is -2.25. The third-order valence-corrected chi connectivity index (χ3v) is 4.07. The molecule has 0 radical (unpaired) electrons. The zero-order chi connectivity index (χ0) is 12.1. The van der Waals surface area contributed by atoms with Crippen molar-refractivity contribution in [1.29, 1.82) is 0 Å². The van der Waals surface area contributed by atoms with Gasteiger partial charge in [0.15, 0.2) is 0 Å². The molecule has 94 valence electrons. The molecule has 1 fully saturated rings. The molecule has 1 heterocycles. The molecule has 1 unspecified atom stereocenters. The van der Waals surface area contributed by atoms with Crippen LogP contribution in [0.4, 0.5) is 0 Å². The molecule has 2 rings (SSSR count). The maximum Gasteiger partial charge on any atom is 0.0291 e. The first kappa shape index (κ1) is 13.1. The van der Waals surface area contributed by atoms with Crippen molar-refractivity contribution in [3.8, 4) is 0 Å². The summed E-state index contributed by atoms with van der Waals surface area (Å²) in [4.78, 5) is 0. The van der Waals surface area contributed by atoms with Gasteiger partial charge in [-0.3, -0.25) is 0 Å². The average Bonchev–Trinajstić information content (AvgIpc) is 2.38. The number of hydrogen-bond donors (Lipinski definition) is 2. The van der Waals surface area contributed by atoms with Crippen molar-refractivity contribution in [2.75, 3.05) is 19.6 Å². The summed E-state index contributed by atoms with van der Waals surface area (Å²) in [5.74, 6) is 0.842. The Kier molecular flexibility index (Phi) is 5.01. The average molecular weight is 297 g/mol. The fourth-order valence-electron chi connectivity index (χ4n) is 2.30. The monoisotopic (exact) mass is 296 g/mol. The zero-order valence-corrected chi connectivity index (χ0v) is 12.0. The lowest BCUT2D eigenvalue weighted by atomic mass is 9.97. The molecule has 1 aliphatic heterocycles. The maximum atomic E-state index is 3.64. The molecule has 2 nitrogen and oxygen atoms in total. The Morgan fingerprint density at radius 3 is 2.59 bits per heavy atom. The van der Waals surface area contributed by atoms with E-state index in [9.17, 15) is 0 Å². The predicted molar refractivity (Wildman–Crippen MR) is 76.2 cm³/mol. The molecule has 1 saturated heterocycles. The van der Waals surface area contributed by atoms with E-state index in [0.717, 1.165) is 16.9 Å². The van der Waals surface area contributed by atoms with E-state index in [2.05, 4.69) is 57.8 Å². The third-order valence-electron chi connectivity index (χ3n) is 3.54. The Morgan fingerprint density at radius 2 is 1.94 bits per heavy atom. The van der Waals surface area contributed by atoms with Gasteiger partial charge >= 0.3 is 0 Å². The summed E-state index contributed by atoms with van der Waals surface area (Å²) >= 11 is 3.47. The first-order valence-electron chi connectivity index (χ1n) is 6.45. The van der Waals surface area contributed by atoms with E-state index < -0.39 is 0 Å². The largest absolute Gasteiger partial charge is 0.317 e. The van der Waals surface area contributed by atoms with Crippen LogP contribution in [-0.4, -0.2) is 19.6 Å². The molecule has 0 aromatic heterocycles. The van der Waals surface area contributed by atoms with E-state index in [1.807, 2.05) is 0 Å². The Morgan fingerprint density at radius 1 is 1.29 bits per heavy atom. The normalized spacial score (nSPS) is 19.2. The summed E-state index contributed by atoms with van der Waals surface area (Å²) in [6.07, 6.45) is 2.61. The Labute approximate surface area is 112 Å². The standard InChI is InChI=1S/C14H21BrN2/c1-11(13-2-4-14(15)5-3-13)17-10-12-6-8-16-9-7-12/h2-5,11-12,16-17H,6-10H2,1H3. The van der Waals surface area contributed by atoms with Crippen LogP contribution in [0, 0.1) is 5.92 Å². The molecule has 0 amide bonds. The van der Waals surface area contributed by atoms with Crippen LogP contribution in [-0.2, 0) is 0 Å². The zero-order valence-electron chi connectivity index (χ0n) is 10.4. The molecule has 1 aromatic carbocycles. The molecule has 1 aliphatic rings. The quantitative estimate of drug-likeness (QED) is 0.892. The Hall–Kier alpha value is -0.380. The number of halogens is 1. The van der Waals surface area contributed by atoms with Crippen molar-refractivity contribution in [3.05, 3.63) is 34.3 Å². The smallest absolute Gasteiger partial charge is 0.0291 e. The Balaban J connectivity index is 1.80. The highest BCUT2D eigenvalue weighted by Crippen LogP contribution is 2.18. The van der Waals surface area contributed by atoms with Gasteiger partial charge in [0.2, 0.25) is 0 Å². The predicted octanol–water partition coefficient (Wildman–Crippen LogP) is 3.10. The highest BCUT2D eigenvalue weighted by atomic mass is 79.9. The first-order valence-corrected chi connectivity index (χ1v) is 7.24. The summed E-state index contributed by atoms with van der Waals surface area (Å²) < 4.78 is 1.15. The Bertz CT molecular complexity index is 331. The van der Waals surface area contributed by atoms with Crippen molar-refractivity contribution in [1.82, 2.24) is 10.6 Å². The van der Waals surface area contributed by atoms with Gasteiger partial charge in [0.1, 0.15) is 0 Å². The minimum atomic E-state index is 0.443. The van der Waals surface area contributed by atoms with Crippen LogP contribution in [0.5, 0.6) is 0 Å². The fraction of sp³-hybridized carbons (Fsp3) is 0.571. The molecule has 0 aliphatic carbocycles. The van der Waals surface area contributed by atoms with E-state index >= 15 is 0 Å². The number of nitrogens with one attached hydrogen (secondary N) is 2. The van der Waals surface area contributed by atoms with Crippen LogP contribution in [0.15, 0.2) is 28.7 Å². The lowest BCUT2D eigenvalue weighted by Crippen LogP contribution is -2.34. The van der Waals surface area contributed by atoms with Crippen LogP contribution < -0.4 is 10.6 Å². The van der Waals surface area contributed by atoms with Gasteiger partial charge in [-0.05, 0) is 63.0 Å². The highest BCUT2D eigenvalue weighted by Gasteiger charge is 2.14. The van der Waals surface area contributed by atoms with Crippen molar-refractivity contribution in [3.63, 3.8) is 0 Å². The number of hydrogen-bond acceptors (Lipinski definition) is 2. The van der Waals surface area contributed by atoms with Crippen LogP contribution >= 0.6 is 15.9 Å².